The molecule has 0 spiro atoms. The molecule has 120 valence electrons. The van der Waals surface area contributed by atoms with Gasteiger partial charge in [0.05, 0.1) is 17.9 Å². The Morgan fingerprint density at radius 1 is 1.27 bits per heavy atom. The minimum absolute atomic E-state index is 0.0500. The molecular weight excluding hydrogens is 374 g/mol. The Hall–Kier alpha value is -1.41. The van der Waals surface area contributed by atoms with E-state index in [2.05, 4.69) is 21.2 Å². The lowest BCUT2D eigenvalue weighted by Crippen LogP contribution is -2.38. The summed E-state index contributed by atoms with van der Waals surface area (Å²) in [5.74, 6) is -0.949. The van der Waals surface area contributed by atoms with Gasteiger partial charge in [-0.05, 0) is 24.1 Å². The van der Waals surface area contributed by atoms with E-state index in [-0.39, 0.29) is 24.0 Å². The number of carbonyl (C=O) groups is 2. The van der Waals surface area contributed by atoms with Crippen molar-refractivity contribution in [1.29, 1.82) is 0 Å². The molecule has 1 saturated heterocycles. The van der Waals surface area contributed by atoms with Gasteiger partial charge in [-0.25, -0.2) is 8.42 Å². The van der Waals surface area contributed by atoms with E-state index < -0.39 is 28.3 Å². The standard InChI is InChI=1S/C14H16BrNO5S/c15-11-3-1-10(2-4-11)7-14(18)21-8-13(17)16-12-5-6-22(19,20)9-12/h1-4,12H,5-9H2,(H,16,17)/t12-/m1/s1. The highest BCUT2D eigenvalue weighted by molar-refractivity contribution is 9.10. The maximum atomic E-state index is 11.6. The Labute approximate surface area is 137 Å². The zero-order valence-corrected chi connectivity index (χ0v) is 14.2. The first-order valence-corrected chi connectivity index (χ1v) is 9.35. The SMILES string of the molecule is O=C(COC(=O)Cc1ccc(Br)cc1)N[C@@H]1CCS(=O)(=O)C1. The summed E-state index contributed by atoms with van der Waals surface area (Å²) in [6, 6.07) is 6.82. The third kappa shape index (κ3) is 5.42. The van der Waals surface area contributed by atoms with Crippen LogP contribution in [0.1, 0.15) is 12.0 Å². The van der Waals surface area contributed by atoms with Gasteiger partial charge in [-0.15, -0.1) is 0 Å². The van der Waals surface area contributed by atoms with Gasteiger partial charge in [0.25, 0.3) is 5.91 Å². The van der Waals surface area contributed by atoms with Gasteiger partial charge in [0.15, 0.2) is 16.4 Å². The molecule has 0 radical (unpaired) electrons. The number of sulfone groups is 1. The Balaban J connectivity index is 1.72. The van der Waals surface area contributed by atoms with Crippen LogP contribution in [0, 0.1) is 0 Å². The van der Waals surface area contributed by atoms with Crippen LogP contribution in [0.4, 0.5) is 0 Å². The second-order valence-corrected chi connectivity index (χ2v) is 8.28. The fourth-order valence-electron chi connectivity index (χ4n) is 2.14. The minimum atomic E-state index is -3.04. The van der Waals surface area contributed by atoms with E-state index in [0.717, 1.165) is 10.0 Å². The summed E-state index contributed by atoms with van der Waals surface area (Å²) in [6.07, 6.45) is 0.485. The summed E-state index contributed by atoms with van der Waals surface area (Å²) in [5.41, 5.74) is 0.787. The average Bonchev–Trinajstić information content (AvgIpc) is 2.78. The Kier molecular flexibility index (Phi) is 5.57. The molecule has 0 aromatic heterocycles. The largest absolute Gasteiger partial charge is 0.455 e. The Bertz CT molecular complexity index is 656. The third-order valence-corrected chi connectivity index (χ3v) is 5.52. The summed E-state index contributed by atoms with van der Waals surface area (Å²) >= 11 is 3.30. The molecule has 0 saturated carbocycles. The van der Waals surface area contributed by atoms with Gasteiger partial charge in [0, 0.05) is 10.5 Å². The van der Waals surface area contributed by atoms with Crippen molar-refractivity contribution in [3.05, 3.63) is 34.3 Å². The highest BCUT2D eigenvalue weighted by atomic mass is 79.9. The van der Waals surface area contributed by atoms with Crippen LogP contribution < -0.4 is 5.32 Å². The smallest absolute Gasteiger partial charge is 0.310 e. The summed E-state index contributed by atoms with van der Waals surface area (Å²) in [6.45, 7) is -0.397. The molecule has 1 heterocycles. The lowest BCUT2D eigenvalue weighted by atomic mass is 10.2. The molecule has 1 aromatic rings. The number of amides is 1. The van der Waals surface area contributed by atoms with Crippen LogP contribution in [-0.2, 0) is 30.6 Å². The number of carbonyl (C=O) groups excluding carboxylic acids is 2. The predicted octanol–water partition coefficient (Wildman–Crippen LogP) is 0.838. The van der Waals surface area contributed by atoms with Crippen molar-refractivity contribution in [2.45, 2.75) is 18.9 Å². The summed E-state index contributed by atoms with van der Waals surface area (Å²) in [7, 11) is -3.04. The van der Waals surface area contributed by atoms with Gasteiger partial charge in [-0.2, -0.15) is 0 Å². The maximum absolute atomic E-state index is 11.6. The molecule has 0 unspecified atom stereocenters. The van der Waals surface area contributed by atoms with Gasteiger partial charge in [0.2, 0.25) is 0 Å². The molecule has 1 amide bonds. The van der Waals surface area contributed by atoms with Gasteiger partial charge in [-0.3, -0.25) is 9.59 Å². The van der Waals surface area contributed by atoms with Crippen molar-refractivity contribution in [3.8, 4) is 0 Å². The monoisotopic (exact) mass is 389 g/mol. The fraction of sp³-hybridized carbons (Fsp3) is 0.429. The number of halogens is 1. The van der Waals surface area contributed by atoms with E-state index >= 15 is 0 Å². The minimum Gasteiger partial charge on any atom is -0.455 e. The van der Waals surface area contributed by atoms with E-state index in [0.29, 0.717) is 6.42 Å². The second-order valence-electron chi connectivity index (χ2n) is 5.13. The van der Waals surface area contributed by atoms with Crippen LogP contribution in [0.2, 0.25) is 0 Å². The van der Waals surface area contributed by atoms with Crippen LogP contribution in [-0.4, -0.2) is 44.4 Å². The van der Waals surface area contributed by atoms with Gasteiger partial charge >= 0.3 is 5.97 Å². The van der Waals surface area contributed by atoms with Crippen LogP contribution in [0.5, 0.6) is 0 Å². The fourth-order valence-corrected chi connectivity index (χ4v) is 4.08. The predicted molar refractivity (Wildman–Crippen MR) is 84.0 cm³/mol. The first kappa shape index (κ1) is 17.0. The molecule has 0 bridgehead atoms. The number of nitrogens with one attached hydrogen (secondary N) is 1. The van der Waals surface area contributed by atoms with Crippen molar-refractivity contribution in [3.63, 3.8) is 0 Å². The molecule has 1 fully saturated rings. The lowest BCUT2D eigenvalue weighted by molar-refractivity contribution is -0.148. The van der Waals surface area contributed by atoms with E-state index in [9.17, 15) is 18.0 Å². The van der Waals surface area contributed by atoms with Gasteiger partial charge in [-0.1, -0.05) is 28.1 Å². The number of hydrogen-bond donors (Lipinski definition) is 1. The van der Waals surface area contributed by atoms with Crippen molar-refractivity contribution in [1.82, 2.24) is 5.32 Å². The molecule has 1 N–H and O–H groups in total. The highest BCUT2D eigenvalue weighted by Gasteiger charge is 2.28. The molecule has 1 aromatic carbocycles. The first-order valence-electron chi connectivity index (χ1n) is 6.74. The van der Waals surface area contributed by atoms with Crippen LogP contribution in [0.15, 0.2) is 28.7 Å². The molecule has 22 heavy (non-hydrogen) atoms. The van der Waals surface area contributed by atoms with Crippen LogP contribution in [0.25, 0.3) is 0 Å². The molecule has 1 aliphatic heterocycles. The average molecular weight is 390 g/mol. The third-order valence-electron chi connectivity index (χ3n) is 3.22. The van der Waals surface area contributed by atoms with Gasteiger partial charge < -0.3 is 10.1 Å². The normalized spacial score (nSPS) is 19.6. The van der Waals surface area contributed by atoms with Crippen molar-refractivity contribution in [2.75, 3.05) is 18.1 Å². The highest BCUT2D eigenvalue weighted by Crippen LogP contribution is 2.12. The Morgan fingerprint density at radius 3 is 2.55 bits per heavy atom. The number of ether oxygens (including phenoxy) is 1. The second kappa shape index (κ2) is 7.23. The molecule has 8 heteroatoms. The van der Waals surface area contributed by atoms with Crippen molar-refractivity contribution < 1.29 is 22.7 Å². The zero-order valence-electron chi connectivity index (χ0n) is 11.7. The Morgan fingerprint density at radius 2 is 1.95 bits per heavy atom. The lowest BCUT2D eigenvalue weighted by Gasteiger charge is -2.11. The molecule has 1 atom stereocenters. The molecule has 6 nitrogen and oxygen atoms in total. The molecule has 1 aliphatic rings. The first-order chi connectivity index (χ1) is 10.3. The topological polar surface area (TPSA) is 89.5 Å². The quantitative estimate of drug-likeness (QED) is 0.753. The number of hydrogen-bond acceptors (Lipinski definition) is 5. The van der Waals surface area contributed by atoms with E-state index in [1.807, 2.05) is 12.1 Å². The number of esters is 1. The van der Waals surface area contributed by atoms with E-state index in [4.69, 9.17) is 4.74 Å². The molecular formula is C14H16BrNO5S. The van der Waals surface area contributed by atoms with E-state index in [1.165, 1.54) is 0 Å². The zero-order chi connectivity index (χ0) is 16.2. The number of rotatable bonds is 5. The molecule has 0 aliphatic carbocycles. The van der Waals surface area contributed by atoms with Crippen LogP contribution in [0.3, 0.4) is 0 Å². The van der Waals surface area contributed by atoms with E-state index in [1.54, 1.807) is 12.1 Å². The van der Waals surface area contributed by atoms with Crippen molar-refractivity contribution in [2.24, 2.45) is 0 Å². The summed E-state index contributed by atoms with van der Waals surface area (Å²) < 4.78 is 28.4. The van der Waals surface area contributed by atoms with Crippen molar-refractivity contribution >= 4 is 37.6 Å². The van der Waals surface area contributed by atoms with Gasteiger partial charge in [0.1, 0.15) is 0 Å². The summed E-state index contributed by atoms with van der Waals surface area (Å²) in [5, 5.41) is 2.56. The summed E-state index contributed by atoms with van der Waals surface area (Å²) in [4.78, 5) is 23.3. The van der Waals surface area contributed by atoms with Crippen LogP contribution >= 0.6 is 15.9 Å². The molecule has 2 rings (SSSR count). The number of benzene rings is 1. The maximum Gasteiger partial charge on any atom is 0.310 e.